The molecule has 0 atom stereocenters. The Morgan fingerprint density at radius 1 is 1.24 bits per heavy atom. The van der Waals surface area contributed by atoms with Crippen molar-refractivity contribution in [3.63, 3.8) is 0 Å². The van der Waals surface area contributed by atoms with E-state index in [4.69, 9.17) is 11.6 Å². The number of aromatic nitrogens is 3. The number of nitrogens with zero attached hydrogens (tertiary/aromatic N) is 3. The van der Waals surface area contributed by atoms with E-state index >= 15 is 0 Å². The van der Waals surface area contributed by atoms with Crippen LogP contribution < -0.4 is 0 Å². The van der Waals surface area contributed by atoms with Crippen LogP contribution in [0.4, 0.5) is 0 Å². The smallest absolute Gasteiger partial charge is 0.179 e. The first-order valence-corrected chi connectivity index (χ1v) is 6.83. The van der Waals surface area contributed by atoms with Crippen molar-refractivity contribution in [3.05, 3.63) is 40.3 Å². The van der Waals surface area contributed by atoms with Crippen LogP contribution in [0.5, 0.6) is 0 Å². The Morgan fingerprint density at radius 2 is 2.12 bits per heavy atom. The lowest BCUT2D eigenvalue weighted by molar-refractivity contribution is 1.06. The van der Waals surface area contributed by atoms with Gasteiger partial charge in [-0.3, -0.25) is 4.98 Å². The minimum atomic E-state index is 0.567. The Kier molecular flexibility index (Phi) is 2.76. The number of hydrogen-bond donors (Lipinski definition) is 0. The largest absolute Gasteiger partial charge is 0.253 e. The van der Waals surface area contributed by atoms with Gasteiger partial charge in [-0.15, -0.1) is 0 Å². The number of aryl methyl sites for hydroxylation is 1. The molecule has 0 aromatic carbocycles. The highest BCUT2D eigenvalue weighted by molar-refractivity contribution is 7.98. The van der Waals surface area contributed by atoms with E-state index in [1.807, 2.05) is 37.0 Å². The van der Waals surface area contributed by atoms with Crippen molar-refractivity contribution in [2.24, 2.45) is 0 Å². The van der Waals surface area contributed by atoms with Gasteiger partial charge in [0, 0.05) is 23.3 Å². The quantitative estimate of drug-likeness (QED) is 0.741. The van der Waals surface area contributed by atoms with Crippen LogP contribution in [0, 0.1) is 6.92 Å². The van der Waals surface area contributed by atoms with Crippen LogP contribution in [-0.2, 0) is 11.5 Å². The molecule has 3 heterocycles. The molecule has 1 aliphatic heterocycles. The number of rotatable bonds is 1. The third-order valence-corrected chi connectivity index (χ3v) is 3.95. The Hall–Kier alpha value is -1.13. The molecule has 86 valence electrons. The molecule has 0 unspecified atom stereocenters. The molecular weight excluding hydrogens is 254 g/mol. The summed E-state index contributed by atoms with van der Waals surface area (Å²) in [6.07, 6.45) is 1.81. The first kappa shape index (κ1) is 11.0. The predicted molar refractivity (Wildman–Crippen MR) is 70.0 cm³/mol. The Bertz CT molecular complexity index is 569. The van der Waals surface area contributed by atoms with Gasteiger partial charge in [0.25, 0.3) is 0 Å². The monoisotopic (exact) mass is 263 g/mol. The third kappa shape index (κ3) is 2.03. The van der Waals surface area contributed by atoms with Crippen LogP contribution in [0.3, 0.4) is 0 Å². The van der Waals surface area contributed by atoms with Gasteiger partial charge in [-0.05, 0) is 18.6 Å². The molecule has 0 spiro atoms. The summed E-state index contributed by atoms with van der Waals surface area (Å²) in [5, 5.41) is 0.567. The van der Waals surface area contributed by atoms with Crippen molar-refractivity contribution in [2.75, 3.05) is 0 Å². The topological polar surface area (TPSA) is 38.7 Å². The molecule has 0 amide bonds. The summed E-state index contributed by atoms with van der Waals surface area (Å²) in [7, 11) is 0. The van der Waals surface area contributed by atoms with E-state index in [2.05, 4.69) is 15.0 Å². The van der Waals surface area contributed by atoms with Crippen molar-refractivity contribution in [2.45, 2.75) is 18.4 Å². The van der Waals surface area contributed by atoms with E-state index in [1.54, 1.807) is 0 Å². The zero-order valence-corrected chi connectivity index (χ0v) is 10.8. The summed E-state index contributed by atoms with van der Waals surface area (Å²) in [4.78, 5) is 13.2. The lowest BCUT2D eigenvalue weighted by atomic mass is 10.2. The molecule has 17 heavy (non-hydrogen) atoms. The fourth-order valence-electron chi connectivity index (χ4n) is 1.73. The van der Waals surface area contributed by atoms with Gasteiger partial charge >= 0.3 is 0 Å². The molecule has 0 N–H and O–H groups in total. The summed E-state index contributed by atoms with van der Waals surface area (Å²) in [6.45, 7) is 2.00. The van der Waals surface area contributed by atoms with Crippen LogP contribution in [0.2, 0.25) is 5.15 Å². The van der Waals surface area contributed by atoms with E-state index in [0.29, 0.717) is 11.0 Å². The first-order chi connectivity index (χ1) is 8.24. The molecule has 0 fully saturated rings. The van der Waals surface area contributed by atoms with Gasteiger partial charge in [0.1, 0.15) is 10.8 Å². The van der Waals surface area contributed by atoms with E-state index in [0.717, 1.165) is 34.0 Å². The summed E-state index contributed by atoms with van der Waals surface area (Å²) in [6, 6.07) is 3.93. The SMILES string of the molecule is Cc1ccc(-c2nc(Cl)c3c(n2)CSC3)nc1. The Labute approximate surface area is 109 Å². The molecule has 3 nitrogen and oxygen atoms in total. The van der Waals surface area contributed by atoms with E-state index < -0.39 is 0 Å². The lowest BCUT2D eigenvalue weighted by Crippen LogP contribution is -1.98. The number of fused-ring (bicyclic) bond motifs is 1. The molecule has 0 bridgehead atoms. The van der Waals surface area contributed by atoms with Crippen molar-refractivity contribution in [1.29, 1.82) is 0 Å². The van der Waals surface area contributed by atoms with Crippen LogP contribution in [0.25, 0.3) is 11.5 Å². The maximum Gasteiger partial charge on any atom is 0.179 e. The maximum absolute atomic E-state index is 6.16. The second-order valence-electron chi connectivity index (χ2n) is 3.98. The predicted octanol–water partition coefficient (Wildman–Crippen LogP) is 3.25. The molecule has 5 heteroatoms. The summed E-state index contributed by atoms with van der Waals surface area (Å²) in [5.41, 5.74) is 4.02. The van der Waals surface area contributed by atoms with Crippen LogP contribution >= 0.6 is 23.4 Å². The molecule has 0 radical (unpaired) electrons. The van der Waals surface area contributed by atoms with Gasteiger partial charge in [-0.1, -0.05) is 17.7 Å². The summed E-state index contributed by atoms with van der Waals surface area (Å²) < 4.78 is 0. The average Bonchev–Trinajstić information content (AvgIpc) is 2.78. The summed E-state index contributed by atoms with van der Waals surface area (Å²) in [5.74, 6) is 2.45. The molecule has 2 aromatic rings. The molecule has 0 saturated heterocycles. The fourth-order valence-corrected chi connectivity index (χ4v) is 3.10. The average molecular weight is 264 g/mol. The zero-order chi connectivity index (χ0) is 11.8. The Balaban J connectivity index is 2.10. The number of thioether (sulfide) groups is 1. The van der Waals surface area contributed by atoms with Gasteiger partial charge in [-0.25, -0.2) is 9.97 Å². The number of pyridine rings is 1. The second-order valence-corrected chi connectivity index (χ2v) is 5.32. The lowest BCUT2D eigenvalue weighted by Gasteiger charge is -2.04. The van der Waals surface area contributed by atoms with Crippen molar-refractivity contribution < 1.29 is 0 Å². The first-order valence-electron chi connectivity index (χ1n) is 5.30. The maximum atomic E-state index is 6.16. The normalized spacial score (nSPS) is 13.8. The molecule has 0 saturated carbocycles. The van der Waals surface area contributed by atoms with Crippen LogP contribution in [-0.4, -0.2) is 15.0 Å². The fraction of sp³-hybridized carbons (Fsp3) is 0.250. The van der Waals surface area contributed by atoms with E-state index in [9.17, 15) is 0 Å². The number of hydrogen-bond acceptors (Lipinski definition) is 4. The highest BCUT2D eigenvalue weighted by Gasteiger charge is 2.19. The van der Waals surface area contributed by atoms with Gasteiger partial charge in [0.15, 0.2) is 5.82 Å². The second kappa shape index (κ2) is 4.27. The molecule has 2 aromatic heterocycles. The zero-order valence-electron chi connectivity index (χ0n) is 9.27. The summed E-state index contributed by atoms with van der Waals surface area (Å²) >= 11 is 7.98. The van der Waals surface area contributed by atoms with Crippen molar-refractivity contribution >= 4 is 23.4 Å². The van der Waals surface area contributed by atoms with Gasteiger partial charge in [-0.2, -0.15) is 11.8 Å². The standard InChI is InChI=1S/C12H10ClN3S/c1-7-2-3-9(14-4-7)12-15-10-6-17-5-8(10)11(13)16-12/h2-4H,5-6H2,1H3. The highest BCUT2D eigenvalue weighted by Crippen LogP contribution is 2.33. The molecule has 1 aliphatic rings. The number of halogens is 1. The van der Waals surface area contributed by atoms with E-state index in [-0.39, 0.29) is 0 Å². The highest BCUT2D eigenvalue weighted by atomic mass is 35.5. The Morgan fingerprint density at radius 3 is 2.88 bits per heavy atom. The van der Waals surface area contributed by atoms with E-state index in [1.165, 1.54) is 0 Å². The van der Waals surface area contributed by atoms with Gasteiger partial charge < -0.3 is 0 Å². The minimum absolute atomic E-state index is 0.567. The van der Waals surface area contributed by atoms with Crippen LogP contribution in [0.15, 0.2) is 18.3 Å². The van der Waals surface area contributed by atoms with Gasteiger partial charge in [0.05, 0.1) is 5.69 Å². The van der Waals surface area contributed by atoms with Crippen molar-refractivity contribution in [3.8, 4) is 11.5 Å². The third-order valence-electron chi connectivity index (χ3n) is 2.67. The molecule has 0 aliphatic carbocycles. The molecule has 3 rings (SSSR count). The molecular formula is C12H10ClN3S. The van der Waals surface area contributed by atoms with Crippen molar-refractivity contribution in [1.82, 2.24) is 15.0 Å². The van der Waals surface area contributed by atoms with Crippen LogP contribution in [0.1, 0.15) is 16.8 Å². The van der Waals surface area contributed by atoms with Gasteiger partial charge in [0.2, 0.25) is 0 Å². The minimum Gasteiger partial charge on any atom is -0.253 e.